The molecule has 0 spiro atoms. The minimum Gasteiger partial charge on any atom is -0.370 e. The van der Waals surface area contributed by atoms with Gasteiger partial charge in [-0.15, -0.1) is 0 Å². The Bertz CT molecular complexity index is 533. The second kappa shape index (κ2) is 4.89. The summed E-state index contributed by atoms with van der Waals surface area (Å²) in [6, 6.07) is 0. The number of hydrogen-bond acceptors (Lipinski definition) is 2. The highest BCUT2D eigenvalue weighted by Gasteiger charge is 2.48. The van der Waals surface area contributed by atoms with Crippen molar-refractivity contribution in [1.82, 2.24) is 9.78 Å². The maximum Gasteiger partial charge on any atom is 0.435 e. The van der Waals surface area contributed by atoms with Crippen LogP contribution < -0.4 is 0 Å². The number of rotatable bonds is 3. The first-order valence-electron chi connectivity index (χ1n) is 6.29. The molecule has 2 heterocycles. The monoisotopic (exact) mass is 316 g/mol. The van der Waals surface area contributed by atoms with Crippen LogP contribution in [-0.4, -0.2) is 22.0 Å². The van der Waals surface area contributed by atoms with Crippen molar-refractivity contribution in [3.8, 4) is 0 Å². The minimum atomic E-state index is -4.93. The molecular weight excluding hydrogens is 302 g/mol. The van der Waals surface area contributed by atoms with Crippen molar-refractivity contribution in [3.05, 3.63) is 17.0 Å². The molecule has 1 aromatic heterocycles. The normalized spacial score (nSPS) is 24.2. The summed E-state index contributed by atoms with van der Waals surface area (Å²) in [7, 11) is 0.866. The summed E-state index contributed by atoms with van der Waals surface area (Å²) < 4.78 is 83.3. The van der Waals surface area contributed by atoms with Gasteiger partial charge in [0.25, 0.3) is 0 Å². The zero-order valence-electron chi connectivity index (χ0n) is 11.5. The van der Waals surface area contributed by atoms with E-state index < -0.39 is 35.2 Å². The van der Waals surface area contributed by atoms with Gasteiger partial charge in [-0.2, -0.15) is 31.4 Å². The van der Waals surface area contributed by atoms with Gasteiger partial charge in [0.1, 0.15) is 5.69 Å². The van der Waals surface area contributed by atoms with Gasteiger partial charge >= 0.3 is 12.4 Å². The highest BCUT2D eigenvalue weighted by Crippen LogP contribution is 2.44. The second-order valence-electron chi connectivity index (χ2n) is 5.25. The molecular formula is C12H14F6N2O. The number of alkyl halides is 6. The van der Waals surface area contributed by atoms with Crippen molar-refractivity contribution in [2.45, 2.75) is 50.7 Å². The lowest BCUT2D eigenvalue weighted by Gasteiger charge is -2.16. The molecule has 2 rings (SSSR count). The maximum absolute atomic E-state index is 13.0. The van der Waals surface area contributed by atoms with E-state index in [0.717, 1.165) is 7.05 Å². The third-order valence-corrected chi connectivity index (χ3v) is 3.54. The van der Waals surface area contributed by atoms with E-state index >= 15 is 0 Å². The number of nitrogens with zero attached hydrogens (tertiary/aromatic N) is 2. The standard InChI is InChI=1S/C12H14F6N2O/c1-5(4-7-6(2)21-7)8-9(11(13,14)15)19-20(3)10(8)12(16,17)18/h5-7H,4H2,1-3H3. The predicted octanol–water partition coefficient (Wildman–Crippen LogP) is 3.74. The van der Waals surface area contributed by atoms with Crippen molar-refractivity contribution in [2.75, 3.05) is 0 Å². The fourth-order valence-electron chi connectivity index (χ4n) is 2.50. The van der Waals surface area contributed by atoms with Gasteiger partial charge < -0.3 is 4.74 Å². The Morgan fingerprint density at radius 2 is 1.71 bits per heavy atom. The third-order valence-electron chi connectivity index (χ3n) is 3.54. The molecule has 1 fully saturated rings. The minimum absolute atomic E-state index is 0.0963. The molecule has 1 aromatic rings. The molecule has 0 amide bonds. The largest absolute Gasteiger partial charge is 0.435 e. The molecule has 21 heavy (non-hydrogen) atoms. The van der Waals surface area contributed by atoms with Crippen LogP contribution >= 0.6 is 0 Å². The Morgan fingerprint density at radius 3 is 2.10 bits per heavy atom. The smallest absolute Gasteiger partial charge is 0.370 e. The summed E-state index contributed by atoms with van der Waals surface area (Å²) in [5.74, 6) is -0.957. The average Bonchev–Trinajstić information content (AvgIpc) is 2.83. The van der Waals surface area contributed by atoms with Crippen LogP contribution in [0, 0.1) is 0 Å². The summed E-state index contributed by atoms with van der Waals surface area (Å²) in [5.41, 5.74) is -3.63. The lowest BCUT2D eigenvalue weighted by molar-refractivity contribution is -0.145. The molecule has 1 saturated heterocycles. The number of aromatic nitrogens is 2. The molecule has 0 radical (unpaired) electrons. The predicted molar refractivity (Wildman–Crippen MR) is 60.6 cm³/mol. The lowest BCUT2D eigenvalue weighted by atomic mass is 9.92. The first kappa shape index (κ1) is 16.1. The van der Waals surface area contributed by atoms with Crippen molar-refractivity contribution in [1.29, 1.82) is 0 Å². The van der Waals surface area contributed by atoms with Gasteiger partial charge in [0, 0.05) is 12.6 Å². The molecule has 3 atom stereocenters. The van der Waals surface area contributed by atoms with Gasteiger partial charge in [-0.1, -0.05) is 6.92 Å². The molecule has 0 bridgehead atoms. The molecule has 120 valence electrons. The van der Waals surface area contributed by atoms with Crippen molar-refractivity contribution in [2.24, 2.45) is 7.05 Å². The molecule has 3 unspecified atom stereocenters. The van der Waals surface area contributed by atoms with Crippen LogP contribution in [-0.2, 0) is 24.1 Å². The van der Waals surface area contributed by atoms with Gasteiger partial charge in [-0.25, -0.2) is 0 Å². The zero-order chi connectivity index (χ0) is 16.2. The van der Waals surface area contributed by atoms with E-state index in [9.17, 15) is 26.3 Å². The highest BCUT2D eigenvalue weighted by atomic mass is 19.4. The lowest BCUT2D eigenvalue weighted by Crippen LogP contribution is -2.17. The number of hydrogen-bond donors (Lipinski definition) is 0. The van der Waals surface area contributed by atoms with E-state index in [0.29, 0.717) is 0 Å². The number of epoxide rings is 1. The summed E-state index contributed by atoms with van der Waals surface area (Å²) in [6.07, 6.45) is -10.2. The number of ether oxygens (including phenoxy) is 1. The van der Waals surface area contributed by atoms with Crippen molar-refractivity contribution in [3.63, 3.8) is 0 Å². The van der Waals surface area contributed by atoms with Gasteiger partial charge in [0.05, 0.1) is 12.2 Å². The molecule has 3 nitrogen and oxygen atoms in total. The highest BCUT2D eigenvalue weighted by molar-refractivity contribution is 5.34. The molecule has 9 heteroatoms. The van der Waals surface area contributed by atoms with Crippen LogP contribution in [0.2, 0.25) is 0 Å². The van der Waals surface area contributed by atoms with Crippen molar-refractivity contribution < 1.29 is 31.1 Å². The fraction of sp³-hybridized carbons (Fsp3) is 0.750. The Hall–Kier alpha value is -1.25. The van der Waals surface area contributed by atoms with Crippen LogP contribution in [0.4, 0.5) is 26.3 Å². The van der Waals surface area contributed by atoms with Crippen LogP contribution in [0.3, 0.4) is 0 Å². The summed E-state index contributed by atoms with van der Waals surface area (Å²) in [6.45, 7) is 3.05. The van der Waals surface area contributed by atoms with E-state index in [1.165, 1.54) is 6.92 Å². The summed E-state index contributed by atoms with van der Waals surface area (Å²) in [5, 5.41) is 3.05. The van der Waals surface area contributed by atoms with E-state index in [-0.39, 0.29) is 23.3 Å². The van der Waals surface area contributed by atoms with Crippen molar-refractivity contribution >= 4 is 0 Å². The first-order valence-corrected chi connectivity index (χ1v) is 6.29. The van der Waals surface area contributed by atoms with Gasteiger partial charge in [-0.05, 0) is 19.3 Å². The SMILES string of the molecule is CC(CC1OC1C)c1c(C(F)(F)F)nn(C)c1C(F)(F)F. The Morgan fingerprint density at radius 1 is 1.19 bits per heavy atom. The molecule has 1 aliphatic heterocycles. The average molecular weight is 316 g/mol. The Kier molecular flexibility index (Phi) is 3.76. The maximum atomic E-state index is 13.0. The molecule has 1 aliphatic rings. The van der Waals surface area contributed by atoms with Crippen LogP contribution in [0.5, 0.6) is 0 Å². The topological polar surface area (TPSA) is 30.4 Å². The third kappa shape index (κ3) is 3.17. The van der Waals surface area contributed by atoms with E-state index in [1.54, 1.807) is 6.92 Å². The number of halogens is 6. The van der Waals surface area contributed by atoms with E-state index in [4.69, 9.17) is 4.74 Å². The summed E-state index contributed by atoms with van der Waals surface area (Å²) >= 11 is 0. The molecule has 0 aliphatic carbocycles. The molecule has 0 saturated carbocycles. The second-order valence-corrected chi connectivity index (χ2v) is 5.25. The van der Waals surface area contributed by atoms with E-state index in [1.807, 2.05) is 0 Å². The van der Waals surface area contributed by atoms with Crippen LogP contribution in [0.25, 0.3) is 0 Å². The zero-order valence-corrected chi connectivity index (χ0v) is 11.5. The quantitative estimate of drug-likeness (QED) is 0.628. The van der Waals surface area contributed by atoms with Crippen LogP contribution in [0.15, 0.2) is 0 Å². The van der Waals surface area contributed by atoms with Gasteiger partial charge in [0.2, 0.25) is 0 Å². The van der Waals surface area contributed by atoms with Gasteiger partial charge in [0.15, 0.2) is 5.69 Å². The summed E-state index contributed by atoms with van der Waals surface area (Å²) in [4.78, 5) is 0. The number of aryl methyl sites for hydroxylation is 1. The fourth-order valence-corrected chi connectivity index (χ4v) is 2.50. The first-order chi connectivity index (χ1) is 9.43. The van der Waals surface area contributed by atoms with Gasteiger partial charge in [-0.3, -0.25) is 4.68 Å². The Balaban J connectivity index is 2.48. The van der Waals surface area contributed by atoms with Crippen LogP contribution in [0.1, 0.15) is 43.1 Å². The Labute approximate surface area is 116 Å². The molecule has 0 N–H and O–H groups in total. The van der Waals surface area contributed by atoms with E-state index in [2.05, 4.69) is 5.10 Å². The molecule has 0 aromatic carbocycles.